The van der Waals surface area contributed by atoms with E-state index in [1.807, 2.05) is 18.0 Å². The first-order valence-electron chi connectivity index (χ1n) is 11.0. The van der Waals surface area contributed by atoms with E-state index in [2.05, 4.69) is 56.1 Å². The Bertz CT molecular complexity index is 1040. The lowest BCUT2D eigenvalue weighted by atomic mass is 9.84. The van der Waals surface area contributed by atoms with Crippen molar-refractivity contribution in [3.8, 4) is 0 Å². The van der Waals surface area contributed by atoms with Crippen LogP contribution >= 0.6 is 0 Å². The second kappa shape index (κ2) is 8.22. The molecule has 5 nitrogen and oxygen atoms in total. The summed E-state index contributed by atoms with van der Waals surface area (Å²) in [5.41, 5.74) is 6.04. The van der Waals surface area contributed by atoms with Gasteiger partial charge in [-0.15, -0.1) is 0 Å². The van der Waals surface area contributed by atoms with Gasteiger partial charge in [0.2, 0.25) is 5.91 Å². The number of nitrogens with zero attached hydrogens (tertiary/aromatic N) is 2. The molecular formula is C26H31N3O2. The summed E-state index contributed by atoms with van der Waals surface area (Å²) in [6.45, 7) is 9.92. The van der Waals surface area contributed by atoms with E-state index < -0.39 is 5.54 Å². The van der Waals surface area contributed by atoms with Gasteiger partial charge < -0.3 is 15.1 Å². The molecule has 2 amide bonds. The van der Waals surface area contributed by atoms with E-state index in [0.717, 1.165) is 42.6 Å². The van der Waals surface area contributed by atoms with E-state index >= 15 is 0 Å². The number of aryl methyl sites for hydroxylation is 2. The van der Waals surface area contributed by atoms with Gasteiger partial charge in [-0.25, -0.2) is 0 Å². The van der Waals surface area contributed by atoms with Crippen molar-refractivity contribution in [2.45, 2.75) is 38.6 Å². The van der Waals surface area contributed by atoms with Crippen molar-refractivity contribution in [1.29, 1.82) is 0 Å². The molecule has 0 aromatic heterocycles. The summed E-state index contributed by atoms with van der Waals surface area (Å²) in [4.78, 5) is 28.9. The van der Waals surface area contributed by atoms with Crippen LogP contribution in [0.2, 0.25) is 0 Å². The second-order valence-corrected chi connectivity index (χ2v) is 8.87. The Morgan fingerprint density at radius 3 is 2.77 bits per heavy atom. The van der Waals surface area contributed by atoms with Crippen molar-refractivity contribution < 1.29 is 9.59 Å². The van der Waals surface area contributed by atoms with Crippen LogP contribution in [0.3, 0.4) is 0 Å². The third-order valence-electron chi connectivity index (χ3n) is 6.89. The van der Waals surface area contributed by atoms with Gasteiger partial charge in [-0.1, -0.05) is 30.8 Å². The van der Waals surface area contributed by atoms with Crippen LogP contribution in [0.4, 0.5) is 5.69 Å². The lowest BCUT2D eigenvalue weighted by Crippen LogP contribution is -2.40. The predicted molar refractivity (Wildman–Crippen MR) is 124 cm³/mol. The molecule has 1 saturated heterocycles. The highest BCUT2D eigenvalue weighted by Crippen LogP contribution is 2.39. The Balaban J connectivity index is 1.75. The number of hydrogen-bond donors (Lipinski definition) is 1. The largest absolute Gasteiger partial charge is 0.374 e. The molecule has 2 aliphatic heterocycles. The molecule has 1 fully saturated rings. The molecule has 0 unspecified atom stereocenters. The number of benzene rings is 2. The van der Waals surface area contributed by atoms with Crippen LogP contribution < -0.4 is 5.32 Å². The number of likely N-dealkylation sites (tertiary alicyclic amines) is 1. The second-order valence-electron chi connectivity index (χ2n) is 8.87. The number of carbonyl (C=O) groups is 2. The van der Waals surface area contributed by atoms with Crippen molar-refractivity contribution in [1.82, 2.24) is 9.80 Å². The number of fused-ring (bicyclic) bond motifs is 1. The van der Waals surface area contributed by atoms with Gasteiger partial charge in [-0.05, 0) is 73.6 Å². The van der Waals surface area contributed by atoms with E-state index in [9.17, 15) is 9.59 Å². The van der Waals surface area contributed by atoms with Crippen molar-refractivity contribution in [2.75, 3.05) is 32.0 Å². The number of nitrogens with one attached hydrogen (secondary N) is 1. The molecule has 1 N–H and O–H groups in total. The summed E-state index contributed by atoms with van der Waals surface area (Å²) in [5.74, 6) is 0.0273. The fourth-order valence-corrected chi connectivity index (χ4v) is 4.95. The molecule has 0 aliphatic carbocycles. The Hall–Kier alpha value is -3.08. The summed E-state index contributed by atoms with van der Waals surface area (Å²) in [6.07, 6.45) is 4.07. The summed E-state index contributed by atoms with van der Waals surface area (Å²) in [7, 11) is 1.87. The standard InChI is InChI=1S/C26H31N3O2/c1-5-24(30)29-15-13-26(17-29,23-10-6-8-18(2)19(23)3)27-21-12-11-20-9-7-14-28(4)25(31)22(20)16-21/h5-6,8,10-12,16,27H,1,7,9,13-15,17H2,2-4H3/t26-/m1/s1. The molecule has 0 bridgehead atoms. The highest BCUT2D eigenvalue weighted by Gasteiger charge is 2.42. The first kappa shape index (κ1) is 21.2. The highest BCUT2D eigenvalue weighted by atomic mass is 16.2. The number of anilines is 1. The van der Waals surface area contributed by atoms with Crippen LogP contribution in [-0.2, 0) is 16.8 Å². The van der Waals surface area contributed by atoms with Crippen LogP contribution in [0.25, 0.3) is 0 Å². The van der Waals surface area contributed by atoms with Gasteiger partial charge >= 0.3 is 0 Å². The topological polar surface area (TPSA) is 52.7 Å². The minimum atomic E-state index is -0.414. The smallest absolute Gasteiger partial charge is 0.253 e. The number of rotatable bonds is 4. The van der Waals surface area contributed by atoms with Crippen molar-refractivity contribution >= 4 is 17.5 Å². The third kappa shape index (κ3) is 3.85. The maximum atomic E-state index is 12.9. The van der Waals surface area contributed by atoms with E-state index in [0.29, 0.717) is 13.1 Å². The molecule has 0 spiro atoms. The Morgan fingerprint density at radius 1 is 1.19 bits per heavy atom. The van der Waals surface area contributed by atoms with E-state index in [1.165, 1.54) is 22.8 Å². The molecule has 162 valence electrons. The predicted octanol–water partition coefficient (Wildman–Crippen LogP) is 4.05. The molecule has 2 heterocycles. The zero-order chi connectivity index (χ0) is 22.2. The van der Waals surface area contributed by atoms with Crippen molar-refractivity contribution in [3.05, 3.63) is 76.9 Å². The Labute approximate surface area is 184 Å². The van der Waals surface area contributed by atoms with Gasteiger partial charge in [0.1, 0.15) is 0 Å². The van der Waals surface area contributed by atoms with Crippen molar-refractivity contribution in [3.63, 3.8) is 0 Å². The molecule has 31 heavy (non-hydrogen) atoms. The lowest BCUT2D eigenvalue weighted by Gasteiger charge is -2.34. The third-order valence-corrected chi connectivity index (χ3v) is 6.89. The lowest BCUT2D eigenvalue weighted by molar-refractivity contribution is -0.125. The first-order valence-corrected chi connectivity index (χ1v) is 11.0. The van der Waals surface area contributed by atoms with Gasteiger partial charge in [0, 0.05) is 37.9 Å². The fourth-order valence-electron chi connectivity index (χ4n) is 4.95. The monoisotopic (exact) mass is 417 g/mol. The van der Waals surface area contributed by atoms with Gasteiger partial charge in [-0.3, -0.25) is 9.59 Å². The molecule has 4 rings (SSSR count). The zero-order valence-corrected chi connectivity index (χ0v) is 18.7. The summed E-state index contributed by atoms with van der Waals surface area (Å²) < 4.78 is 0. The molecule has 0 radical (unpaired) electrons. The van der Waals surface area contributed by atoms with Crippen LogP contribution in [0, 0.1) is 13.8 Å². The SMILES string of the molecule is C=CC(=O)N1CC[C@](Nc2ccc3c(c2)C(=O)N(C)CCC3)(c2cccc(C)c2C)C1. The minimum Gasteiger partial charge on any atom is -0.374 e. The van der Waals surface area contributed by atoms with Gasteiger partial charge in [-0.2, -0.15) is 0 Å². The zero-order valence-electron chi connectivity index (χ0n) is 18.7. The van der Waals surface area contributed by atoms with E-state index in [1.54, 1.807) is 4.90 Å². The van der Waals surface area contributed by atoms with Gasteiger partial charge in [0.05, 0.1) is 5.54 Å². The fraction of sp³-hybridized carbons (Fsp3) is 0.385. The quantitative estimate of drug-likeness (QED) is 0.764. The van der Waals surface area contributed by atoms with E-state index in [-0.39, 0.29) is 11.8 Å². The highest BCUT2D eigenvalue weighted by molar-refractivity contribution is 5.97. The average Bonchev–Trinajstić information content (AvgIpc) is 3.14. The normalized spacial score (nSPS) is 20.9. The maximum absolute atomic E-state index is 12.9. The maximum Gasteiger partial charge on any atom is 0.253 e. The Kier molecular flexibility index (Phi) is 5.61. The molecule has 2 aliphatic rings. The molecule has 5 heteroatoms. The van der Waals surface area contributed by atoms with E-state index in [4.69, 9.17) is 0 Å². The summed E-state index contributed by atoms with van der Waals surface area (Å²) >= 11 is 0. The van der Waals surface area contributed by atoms with Gasteiger partial charge in [0.15, 0.2) is 0 Å². The minimum absolute atomic E-state index is 0.0484. The van der Waals surface area contributed by atoms with Crippen LogP contribution in [0.1, 0.15) is 45.5 Å². The first-order chi connectivity index (χ1) is 14.8. The molecule has 0 saturated carbocycles. The average molecular weight is 418 g/mol. The van der Waals surface area contributed by atoms with Crippen LogP contribution in [0.5, 0.6) is 0 Å². The van der Waals surface area contributed by atoms with Crippen LogP contribution in [0.15, 0.2) is 49.1 Å². The summed E-state index contributed by atoms with van der Waals surface area (Å²) in [6, 6.07) is 12.5. The van der Waals surface area contributed by atoms with Crippen molar-refractivity contribution in [2.24, 2.45) is 0 Å². The molecule has 2 aromatic rings. The molecule has 2 aromatic carbocycles. The number of hydrogen-bond acceptors (Lipinski definition) is 3. The van der Waals surface area contributed by atoms with Gasteiger partial charge in [0.25, 0.3) is 5.91 Å². The number of amides is 2. The molecular weight excluding hydrogens is 386 g/mol. The number of carbonyl (C=O) groups excluding carboxylic acids is 2. The summed E-state index contributed by atoms with van der Waals surface area (Å²) in [5, 5.41) is 3.75. The molecule has 1 atom stereocenters. The Morgan fingerprint density at radius 2 is 2.00 bits per heavy atom. The van der Waals surface area contributed by atoms with Crippen LogP contribution in [-0.4, -0.2) is 48.3 Å².